The summed E-state index contributed by atoms with van der Waals surface area (Å²) in [5, 5.41) is 19.9. The second-order valence-corrected chi connectivity index (χ2v) is 8.33. The van der Waals surface area contributed by atoms with E-state index in [9.17, 15) is 10.1 Å². The van der Waals surface area contributed by atoms with Gasteiger partial charge >= 0.3 is 0 Å². The van der Waals surface area contributed by atoms with Crippen molar-refractivity contribution in [2.45, 2.75) is 6.92 Å². The van der Waals surface area contributed by atoms with E-state index in [0.29, 0.717) is 11.1 Å². The SMILES string of the molecule is Cc1c(NC(=O)c2cccc(Nc3ccnc4ccc(C#N)cc34)c2)cccc1Nc1ccccc1. The predicted octanol–water partition coefficient (Wildman–Crippen LogP) is 7.15. The summed E-state index contributed by atoms with van der Waals surface area (Å²) in [4.78, 5) is 17.5. The van der Waals surface area contributed by atoms with Crippen LogP contribution in [0.2, 0.25) is 0 Å². The summed E-state index contributed by atoms with van der Waals surface area (Å²) in [6, 6.07) is 32.4. The largest absolute Gasteiger partial charge is 0.355 e. The Hall–Kier alpha value is -5.15. The highest BCUT2D eigenvalue weighted by molar-refractivity contribution is 6.06. The van der Waals surface area contributed by atoms with Crippen LogP contribution < -0.4 is 16.0 Å². The van der Waals surface area contributed by atoms with Crippen LogP contribution in [0, 0.1) is 18.3 Å². The molecular formula is C30H23N5O. The summed E-state index contributed by atoms with van der Waals surface area (Å²) in [5.41, 5.74) is 7.03. The molecular weight excluding hydrogens is 446 g/mol. The number of amides is 1. The molecule has 0 aliphatic carbocycles. The molecule has 0 atom stereocenters. The molecule has 0 aliphatic rings. The van der Waals surface area contributed by atoms with E-state index >= 15 is 0 Å². The van der Waals surface area contributed by atoms with Crippen LogP contribution in [0.1, 0.15) is 21.5 Å². The Morgan fingerprint density at radius 3 is 2.36 bits per heavy atom. The Morgan fingerprint density at radius 2 is 1.53 bits per heavy atom. The Bertz CT molecular complexity index is 1610. The summed E-state index contributed by atoms with van der Waals surface area (Å²) >= 11 is 0. The Labute approximate surface area is 209 Å². The van der Waals surface area contributed by atoms with Crippen molar-refractivity contribution in [3.8, 4) is 6.07 Å². The van der Waals surface area contributed by atoms with E-state index < -0.39 is 0 Å². The van der Waals surface area contributed by atoms with Crippen molar-refractivity contribution in [2.75, 3.05) is 16.0 Å². The molecule has 0 saturated heterocycles. The van der Waals surface area contributed by atoms with Gasteiger partial charge in [0, 0.05) is 45.6 Å². The third-order valence-corrected chi connectivity index (χ3v) is 5.91. The maximum Gasteiger partial charge on any atom is 0.255 e. The number of hydrogen-bond donors (Lipinski definition) is 3. The molecule has 3 N–H and O–H groups in total. The van der Waals surface area contributed by atoms with Crippen molar-refractivity contribution >= 4 is 45.2 Å². The molecule has 1 heterocycles. The summed E-state index contributed by atoms with van der Waals surface area (Å²) in [5.74, 6) is -0.204. The van der Waals surface area contributed by atoms with Gasteiger partial charge in [0.2, 0.25) is 0 Å². The van der Waals surface area contributed by atoms with Gasteiger partial charge < -0.3 is 16.0 Å². The normalized spacial score (nSPS) is 10.4. The van der Waals surface area contributed by atoms with Crippen LogP contribution in [0.5, 0.6) is 0 Å². The summed E-state index contributed by atoms with van der Waals surface area (Å²) in [6.07, 6.45) is 1.71. The van der Waals surface area contributed by atoms with Gasteiger partial charge in [-0.05, 0) is 79.2 Å². The molecule has 6 heteroatoms. The smallest absolute Gasteiger partial charge is 0.255 e. The molecule has 4 aromatic carbocycles. The zero-order valence-corrected chi connectivity index (χ0v) is 19.6. The first-order chi connectivity index (χ1) is 17.6. The number of hydrogen-bond acceptors (Lipinski definition) is 5. The van der Waals surface area contributed by atoms with Gasteiger partial charge in [-0.15, -0.1) is 0 Å². The number of benzene rings is 4. The monoisotopic (exact) mass is 469 g/mol. The van der Waals surface area contributed by atoms with Crippen LogP contribution in [-0.2, 0) is 0 Å². The van der Waals surface area contributed by atoms with Gasteiger partial charge in [0.05, 0.1) is 17.1 Å². The van der Waals surface area contributed by atoms with Gasteiger partial charge in [-0.25, -0.2) is 0 Å². The number of pyridine rings is 1. The molecule has 1 amide bonds. The predicted molar refractivity (Wildman–Crippen MR) is 145 cm³/mol. The van der Waals surface area contributed by atoms with Crippen molar-refractivity contribution in [2.24, 2.45) is 0 Å². The first-order valence-electron chi connectivity index (χ1n) is 11.5. The molecule has 1 aromatic heterocycles. The van der Waals surface area contributed by atoms with Gasteiger partial charge in [0.25, 0.3) is 5.91 Å². The molecule has 0 unspecified atom stereocenters. The Morgan fingerprint density at radius 1 is 0.778 bits per heavy atom. The average molecular weight is 470 g/mol. The maximum atomic E-state index is 13.1. The van der Waals surface area contributed by atoms with E-state index in [2.05, 4.69) is 27.0 Å². The first kappa shape index (κ1) is 22.6. The number of para-hydroxylation sites is 1. The van der Waals surface area contributed by atoms with Crippen molar-refractivity contribution in [1.82, 2.24) is 4.98 Å². The number of rotatable bonds is 6. The zero-order valence-electron chi connectivity index (χ0n) is 19.6. The van der Waals surface area contributed by atoms with E-state index in [1.807, 2.05) is 79.7 Å². The molecule has 0 saturated carbocycles. The van der Waals surface area contributed by atoms with E-state index in [4.69, 9.17) is 0 Å². The van der Waals surface area contributed by atoms with Crippen molar-refractivity contribution in [3.05, 3.63) is 120 Å². The van der Waals surface area contributed by atoms with E-state index in [0.717, 1.165) is 44.9 Å². The lowest BCUT2D eigenvalue weighted by atomic mass is 10.1. The van der Waals surface area contributed by atoms with Gasteiger partial charge in [-0.2, -0.15) is 5.26 Å². The molecule has 174 valence electrons. The fraction of sp³-hybridized carbons (Fsp3) is 0.0333. The lowest BCUT2D eigenvalue weighted by molar-refractivity contribution is 0.102. The number of anilines is 5. The van der Waals surface area contributed by atoms with Crippen LogP contribution in [0.4, 0.5) is 28.4 Å². The molecule has 0 spiro atoms. The van der Waals surface area contributed by atoms with E-state index in [-0.39, 0.29) is 5.91 Å². The van der Waals surface area contributed by atoms with Gasteiger partial charge in [0.1, 0.15) is 0 Å². The number of carbonyl (C=O) groups excluding carboxylic acids is 1. The van der Waals surface area contributed by atoms with Gasteiger partial charge in [0.15, 0.2) is 0 Å². The molecule has 6 nitrogen and oxygen atoms in total. The van der Waals surface area contributed by atoms with E-state index in [1.54, 1.807) is 30.5 Å². The summed E-state index contributed by atoms with van der Waals surface area (Å²) < 4.78 is 0. The second kappa shape index (κ2) is 10.00. The van der Waals surface area contributed by atoms with Crippen LogP contribution in [0.3, 0.4) is 0 Å². The number of nitriles is 1. The van der Waals surface area contributed by atoms with Crippen LogP contribution in [0.15, 0.2) is 103 Å². The Balaban J connectivity index is 1.36. The lowest BCUT2D eigenvalue weighted by Crippen LogP contribution is -2.13. The highest BCUT2D eigenvalue weighted by Gasteiger charge is 2.11. The van der Waals surface area contributed by atoms with Crippen LogP contribution in [-0.4, -0.2) is 10.9 Å². The fourth-order valence-corrected chi connectivity index (χ4v) is 4.00. The number of nitrogens with one attached hydrogen (secondary N) is 3. The first-order valence-corrected chi connectivity index (χ1v) is 11.5. The Kier molecular flexibility index (Phi) is 6.29. The molecule has 0 aliphatic heterocycles. The topological polar surface area (TPSA) is 89.8 Å². The van der Waals surface area contributed by atoms with Crippen LogP contribution in [0.25, 0.3) is 10.9 Å². The van der Waals surface area contributed by atoms with Crippen molar-refractivity contribution in [1.29, 1.82) is 5.26 Å². The number of aromatic nitrogens is 1. The summed E-state index contributed by atoms with van der Waals surface area (Å²) in [6.45, 7) is 1.98. The number of nitrogens with zero attached hydrogens (tertiary/aromatic N) is 2. The highest BCUT2D eigenvalue weighted by atomic mass is 16.1. The molecule has 0 radical (unpaired) electrons. The number of carbonyl (C=O) groups is 1. The third-order valence-electron chi connectivity index (χ3n) is 5.91. The standard InChI is InChI=1S/C30H23N5O/c1-20-26(33-23-8-3-2-4-9-23)11-6-12-27(20)35-30(36)22-7-5-10-24(18-22)34-29-15-16-32-28-14-13-21(19-31)17-25(28)29/h2-18,33H,1H3,(H,32,34)(H,35,36). The zero-order chi connectivity index (χ0) is 24.9. The minimum atomic E-state index is -0.204. The minimum Gasteiger partial charge on any atom is -0.355 e. The average Bonchev–Trinajstić information content (AvgIpc) is 2.91. The van der Waals surface area contributed by atoms with Gasteiger partial charge in [-0.3, -0.25) is 9.78 Å². The van der Waals surface area contributed by atoms with Gasteiger partial charge in [-0.1, -0.05) is 30.3 Å². The molecule has 36 heavy (non-hydrogen) atoms. The van der Waals surface area contributed by atoms with Crippen molar-refractivity contribution in [3.63, 3.8) is 0 Å². The van der Waals surface area contributed by atoms with Crippen molar-refractivity contribution < 1.29 is 4.79 Å². The maximum absolute atomic E-state index is 13.1. The van der Waals surface area contributed by atoms with E-state index in [1.165, 1.54) is 0 Å². The quantitative estimate of drug-likeness (QED) is 0.246. The van der Waals surface area contributed by atoms with Crippen LogP contribution >= 0.6 is 0 Å². The fourth-order valence-electron chi connectivity index (χ4n) is 4.00. The molecule has 5 rings (SSSR count). The molecule has 0 fully saturated rings. The number of fused-ring (bicyclic) bond motifs is 1. The second-order valence-electron chi connectivity index (χ2n) is 8.33. The molecule has 0 bridgehead atoms. The molecule has 5 aromatic rings. The third kappa shape index (κ3) is 4.86. The highest BCUT2D eigenvalue weighted by Crippen LogP contribution is 2.28. The lowest BCUT2D eigenvalue weighted by Gasteiger charge is -2.15. The summed E-state index contributed by atoms with van der Waals surface area (Å²) in [7, 11) is 0. The minimum absolute atomic E-state index is 0.204.